The summed E-state index contributed by atoms with van der Waals surface area (Å²) in [5.41, 5.74) is 6.82. The number of ether oxygens (including phenoxy) is 1. The summed E-state index contributed by atoms with van der Waals surface area (Å²) in [5.74, 6) is 0.579. The van der Waals surface area contributed by atoms with Crippen molar-refractivity contribution in [2.45, 2.75) is 65.4 Å². The van der Waals surface area contributed by atoms with Crippen molar-refractivity contribution in [2.75, 3.05) is 0 Å². The second-order valence-electron chi connectivity index (χ2n) is 11.2. The van der Waals surface area contributed by atoms with Gasteiger partial charge in [0.05, 0.1) is 11.4 Å². The van der Waals surface area contributed by atoms with Gasteiger partial charge in [0.25, 0.3) is 0 Å². The Kier molecular flexibility index (Phi) is 10.4. The Balaban J connectivity index is 1.58. The number of nitrogens with zero attached hydrogens (tertiary/aromatic N) is 3. The van der Waals surface area contributed by atoms with Gasteiger partial charge in [-0.05, 0) is 36.6 Å². The van der Waals surface area contributed by atoms with Crippen LogP contribution in [0.1, 0.15) is 42.1 Å². The fraction of sp³-hybridized carbons (Fsp3) is 0.270. The molecule has 0 aliphatic heterocycles. The van der Waals surface area contributed by atoms with Crippen LogP contribution in [0, 0.1) is 6.92 Å². The lowest BCUT2D eigenvalue weighted by atomic mass is 10.1. The summed E-state index contributed by atoms with van der Waals surface area (Å²) in [6.45, 7) is 6.40. The molecule has 4 nitrogen and oxygen atoms in total. The second-order valence-corrected chi connectivity index (χ2v) is 11.2. The summed E-state index contributed by atoms with van der Waals surface area (Å²) in [7, 11) is 0. The van der Waals surface area contributed by atoms with E-state index in [1.807, 2.05) is 55.5 Å². The van der Waals surface area contributed by atoms with Gasteiger partial charge in [0, 0.05) is 37.3 Å². The van der Waals surface area contributed by atoms with Crippen LogP contribution in [0.5, 0.6) is 5.75 Å². The van der Waals surface area contributed by atoms with Gasteiger partial charge in [-0.3, -0.25) is 4.90 Å². The zero-order chi connectivity index (χ0) is 31.8. The van der Waals surface area contributed by atoms with Gasteiger partial charge >= 0.3 is 12.5 Å². The maximum Gasteiger partial charge on any atom is 0.461 e. The highest BCUT2D eigenvalue weighted by molar-refractivity contribution is 5.68. The SMILES string of the molecule is CCCCn1c(-c2ccccc2)nc(-c2ccccc2)c1CN(Cc1cccc(C)c1)Cc1cccc(OC(F)(F)C(F)F)c1. The smallest absolute Gasteiger partial charge is 0.428 e. The molecule has 1 aromatic heterocycles. The molecule has 0 amide bonds. The number of alkyl halides is 4. The van der Waals surface area contributed by atoms with Gasteiger partial charge in [-0.1, -0.05) is 116 Å². The molecular weight excluding hydrogens is 578 g/mol. The lowest BCUT2D eigenvalue weighted by Gasteiger charge is -2.25. The third-order valence-corrected chi connectivity index (χ3v) is 7.56. The van der Waals surface area contributed by atoms with E-state index in [-0.39, 0.29) is 5.75 Å². The fourth-order valence-corrected chi connectivity index (χ4v) is 5.45. The van der Waals surface area contributed by atoms with Gasteiger partial charge < -0.3 is 9.30 Å². The molecule has 45 heavy (non-hydrogen) atoms. The van der Waals surface area contributed by atoms with E-state index in [0.717, 1.165) is 58.9 Å². The van der Waals surface area contributed by atoms with Crippen molar-refractivity contribution in [1.29, 1.82) is 0 Å². The summed E-state index contributed by atoms with van der Waals surface area (Å²) in [4.78, 5) is 7.44. The maximum absolute atomic E-state index is 13.7. The van der Waals surface area contributed by atoms with Crippen LogP contribution in [0.3, 0.4) is 0 Å². The zero-order valence-electron chi connectivity index (χ0n) is 25.5. The number of unbranched alkanes of at least 4 members (excludes halogenated alkanes) is 1. The number of benzene rings is 4. The number of aryl methyl sites for hydroxylation is 1. The Bertz CT molecular complexity index is 1670. The maximum atomic E-state index is 13.7. The van der Waals surface area contributed by atoms with Gasteiger partial charge in [-0.25, -0.2) is 4.98 Å². The van der Waals surface area contributed by atoms with Gasteiger partial charge in [-0.2, -0.15) is 17.6 Å². The fourth-order valence-electron chi connectivity index (χ4n) is 5.45. The van der Waals surface area contributed by atoms with E-state index < -0.39 is 12.5 Å². The molecule has 234 valence electrons. The van der Waals surface area contributed by atoms with Crippen molar-refractivity contribution in [1.82, 2.24) is 14.5 Å². The minimum atomic E-state index is -4.58. The zero-order valence-corrected chi connectivity index (χ0v) is 25.5. The first-order valence-corrected chi connectivity index (χ1v) is 15.2. The predicted octanol–water partition coefficient (Wildman–Crippen LogP) is 9.76. The number of rotatable bonds is 14. The minimum absolute atomic E-state index is 0.308. The molecule has 0 spiro atoms. The molecule has 5 aromatic rings. The molecule has 0 unspecified atom stereocenters. The highest BCUT2D eigenvalue weighted by Gasteiger charge is 2.44. The minimum Gasteiger partial charge on any atom is -0.428 e. The third kappa shape index (κ3) is 8.19. The highest BCUT2D eigenvalue weighted by atomic mass is 19.3. The van der Waals surface area contributed by atoms with E-state index in [1.54, 1.807) is 12.1 Å². The largest absolute Gasteiger partial charge is 0.461 e. The lowest BCUT2D eigenvalue weighted by Crippen LogP contribution is -2.33. The van der Waals surface area contributed by atoms with Crippen LogP contribution in [-0.2, 0) is 26.2 Å². The summed E-state index contributed by atoms with van der Waals surface area (Å²) < 4.78 is 59.9. The monoisotopic (exact) mass is 615 g/mol. The highest BCUT2D eigenvalue weighted by Crippen LogP contribution is 2.33. The van der Waals surface area contributed by atoms with Crippen LogP contribution in [0.2, 0.25) is 0 Å². The van der Waals surface area contributed by atoms with Crippen molar-refractivity contribution in [2.24, 2.45) is 0 Å². The Morgan fingerprint density at radius 2 is 1.40 bits per heavy atom. The standard InChI is InChI=1S/C37H37F4N3O/c1-3-4-21-44-33(34(30-16-7-5-8-17-30)42-35(44)31-18-9-6-10-19-31)26-43(24-28-14-11-13-27(2)22-28)25-29-15-12-20-32(23-29)45-37(40,41)36(38)39/h5-20,22-23,36H,3-4,21,24-26H2,1-2H3. The second kappa shape index (κ2) is 14.6. The molecule has 1 heterocycles. The van der Waals surface area contributed by atoms with Crippen LogP contribution in [0.4, 0.5) is 17.6 Å². The average molecular weight is 616 g/mol. The first-order chi connectivity index (χ1) is 21.7. The predicted molar refractivity (Wildman–Crippen MR) is 170 cm³/mol. The molecule has 0 radical (unpaired) electrons. The van der Waals surface area contributed by atoms with E-state index >= 15 is 0 Å². The normalized spacial score (nSPS) is 11.8. The first-order valence-electron chi connectivity index (χ1n) is 15.2. The molecule has 0 bridgehead atoms. The molecular formula is C37H37F4N3O. The molecule has 0 saturated heterocycles. The van der Waals surface area contributed by atoms with Crippen LogP contribution < -0.4 is 4.74 Å². The van der Waals surface area contributed by atoms with E-state index in [9.17, 15) is 17.6 Å². The molecule has 5 rings (SSSR count). The third-order valence-electron chi connectivity index (χ3n) is 7.56. The number of aromatic nitrogens is 2. The molecule has 0 saturated carbocycles. The molecule has 0 fully saturated rings. The van der Waals surface area contributed by atoms with E-state index in [2.05, 4.69) is 57.5 Å². The molecule has 4 aromatic carbocycles. The quantitative estimate of drug-likeness (QED) is 0.117. The molecule has 0 aliphatic rings. The van der Waals surface area contributed by atoms with Crippen molar-refractivity contribution in [3.63, 3.8) is 0 Å². The van der Waals surface area contributed by atoms with E-state index in [1.165, 1.54) is 12.1 Å². The topological polar surface area (TPSA) is 30.3 Å². The van der Waals surface area contributed by atoms with Crippen molar-refractivity contribution < 1.29 is 22.3 Å². The summed E-state index contributed by atoms with van der Waals surface area (Å²) in [5, 5.41) is 0. The van der Waals surface area contributed by atoms with Crippen LogP contribution in [0.25, 0.3) is 22.6 Å². The van der Waals surface area contributed by atoms with E-state index in [0.29, 0.717) is 25.2 Å². The van der Waals surface area contributed by atoms with Crippen LogP contribution in [0.15, 0.2) is 109 Å². The Morgan fingerprint density at radius 3 is 2.02 bits per heavy atom. The summed E-state index contributed by atoms with van der Waals surface area (Å²) in [6.07, 6.45) is -6.54. The molecule has 0 aliphatic carbocycles. The Labute approximate surface area is 261 Å². The van der Waals surface area contributed by atoms with Crippen LogP contribution in [-0.4, -0.2) is 27.0 Å². The van der Waals surface area contributed by atoms with Gasteiger partial charge in [0.15, 0.2) is 0 Å². The van der Waals surface area contributed by atoms with Gasteiger partial charge in [0.2, 0.25) is 0 Å². The van der Waals surface area contributed by atoms with Gasteiger partial charge in [-0.15, -0.1) is 0 Å². The van der Waals surface area contributed by atoms with Crippen molar-refractivity contribution >= 4 is 0 Å². The average Bonchev–Trinajstić information content (AvgIpc) is 3.38. The summed E-state index contributed by atoms with van der Waals surface area (Å²) in [6, 6.07) is 34.5. The molecule has 0 atom stereocenters. The lowest BCUT2D eigenvalue weighted by molar-refractivity contribution is -0.253. The van der Waals surface area contributed by atoms with Crippen molar-refractivity contribution in [3.05, 3.63) is 132 Å². The Morgan fingerprint density at radius 1 is 0.778 bits per heavy atom. The number of hydrogen-bond acceptors (Lipinski definition) is 3. The van der Waals surface area contributed by atoms with Gasteiger partial charge in [0.1, 0.15) is 11.6 Å². The number of hydrogen-bond donors (Lipinski definition) is 0. The Hall–Kier alpha value is -4.43. The number of halogens is 4. The first kappa shape index (κ1) is 32.0. The van der Waals surface area contributed by atoms with Crippen molar-refractivity contribution in [3.8, 4) is 28.4 Å². The number of imidazole rings is 1. The molecule has 8 heteroatoms. The molecule has 0 N–H and O–H groups in total. The van der Waals surface area contributed by atoms with E-state index in [4.69, 9.17) is 4.98 Å². The summed E-state index contributed by atoms with van der Waals surface area (Å²) >= 11 is 0. The van der Waals surface area contributed by atoms with Crippen LogP contribution >= 0.6 is 0 Å².